The van der Waals surface area contributed by atoms with Gasteiger partial charge in [-0.1, -0.05) is 11.6 Å². The van der Waals surface area contributed by atoms with Crippen molar-refractivity contribution in [1.82, 2.24) is 0 Å². The summed E-state index contributed by atoms with van der Waals surface area (Å²) in [6, 6.07) is 1.88. The lowest BCUT2D eigenvalue weighted by Crippen LogP contribution is -1.94. The molecule has 0 radical (unpaired) electrons. The average molecular weight is 219 g/mol. The first-order valence-corrected chi connectivity index (χ1v) is 3.63. The SMILES string of the molecule is O=[N+]([O-])c1ccc(Cl)c([N+](=O)[O-])c1O. The number of hydrogen-bond donors (Lipinski definition) is 1. The van der Waals surface area contributed by atoms with E-state index in [4.69, 9.17) is 16.7 Å². The number of benzene rings is 1. The van der Waals surface area contributed by atoms with Gasteiger partial charge in [0.25, 0.3) is 5.75 Å². The molecular formula is C6H3ClN2O5. The van der Waals surface area contributed by atoms with Crippen molar-refractivity contribution in [2.45, 2.75) is 0 Å². The highest BCUT2D eigenvalue weighted by atomic mass is 35.5. The fourth-order valence-corrected chi connectivity index (χ4v) is 1.09. The standard InChI is InChI=1S/C6H3ClN2O5/c7-3-1-2-4(8(11)12)6(10)5(3)9(13)14/h1-2,10H. The second kappa shape index (κ2) is 3.46. The van der Waals surface area contributed by atoms with E-state index in [1.165, 1.54) is 0 Å². The van der Waals surface area contributed by atoms with Crippen LogP contribution in [0, 0.1) is 20.2 Å². The first kappa shape index (κ1) is 10.2. The van der Waals surface area contributed by atoms with Crippen molar-refractivity contribution in [2.24, 2.45) is 0 Å². The molecule has 0 amide bonds. The van der Waals surface area contributed by atoms with Crippen molar-refractivity contribution in [1.29, 1.82) is 0 Å². The molecule has 0 spiro atoms. The first-order chi connectivity index (χ1) is 6.45. The van der Waals surface area contributed by atoms with Crippen molar-refractivity contribution in [2.75, 3.05) is 0 Å². The number of nitro benzene ring substituents is 2. The third-order valence-electron chi connectivity index (χ3n) is 1.46. The smallest absolute Gasteiger partial charge is 0.336 e. The molecule has 0 saturated heterocycles. The molecule has 1 aromatic rings. The van der Waals surface area contributed by atoms with E-state index in [0.29, 0.717) is 0 Å². The molecule has 0 aliphatic heterocycles. The van der Waals surface area contributed by atoms with Gasteiger partial charge in [0.2, 0.25) is 0 Å². The molecule has 0 bridgehead atoms. The maximum atomic E-state index is 10.4. The zero-order valence-electron chi connectivity index (χ0n) is 6.51. The number of nitrogens with zero attached hydrogens (tertiary/aromatic N) is 2. The van der Waals surface area contributed by atoms with Crippen LogP contribution in [0.1, 0.15) is 0 Å². The Labute approximate surface area is 81.8 Å². The number of nitro groups is 2. The van der Waals surface area contributed by atoms with Gasteiger partial charge in [-0.05, 0) is 6.07 Å². The fourth-order valence-electron chi connectivity index (χ4n) is 0.865. The summed E-state index contributed by atoms with van der Waals surface area (Å²) in [6.07, 6.45) is 0. The topological polar surface area (TPSA) is 107 Å². The molecule has 0 saturated carbocycles. The van der Waals surface area contributed by atoms with Crippen molar-refractivity contribution in [3.8, 4) is 5.75 Å². The van der Waals surface area contributed by atoms with Crippen LogP contribution in [0.15, 0.2) is 12.1 Å². The van der Waals surface area contributed by atoms with E-state index in [-0.39, 0.29) is 5.02 Å². The zero-order valence-corrected chi connectivity index (χ0v) is 7.26. The van der Waals surface area contributed by atoms with Gasteiger partial charge in [0.1, 0.15) is 5.02 Å². The highest BCUT2D eigenvalue weighted by Gasteiger charge is 2.27. The third kappa shape index (κ3) is 1.57. The number of aromatic hydroxyl groups is 1. The van der Waals surface area contributed by atoms with Crippen LogP contribution in [0.4, 0.5) is 11.4 Å². The van der Waals surface area contributed by atoms with E-state index in [9.17, 15) is 20.2 Å². The van der Waals surface area contributed by atoms with Crippen LogP contribution in [0.25, 0.3) is 0 Å². The van der Waals surface area contributed by atoms with Gasteiger partial charge in [0, 0.05) is 6.07 Å². The zero-order chi connectivity index (χ0) is 10.9. The van der Waals surface area contributed by atoms with Crippen LogP contribution in [-0.4, -0.2) is 15.0 Å². The molecule has 0 heterocycles. The lowest BCUT2D eigenvalue weighted by molar-refractivity contribution is -0.396. The summed E-state index contributed by atoms with van der Waals surface area (Å²) >= 11 is 5.38. The Morgan fingerprint density at radius 2 is 1.79 bits per heavy atom. The highest BCUT2D eigenvalue weighted by molar-refractivity contribution is 6.33. The van der Waals surface area contributed by atoms with Gasteiger partial charge in [-0.15, -0.1) is 0 Å². The van der Waals surface area contributed by atoms with E-state index < -0.39 is 27.0 Å². The molecule has 0 aromatic heterocycles. The van der Waals surface area contributed by atoms with Gasteiger partial charge in [-0.3, -0.25) is 20.2 Å². The minimum absolute atomic E-state index is 0.349. The van der Waals surface area contributed by atoms with E-state index >= 15 is 0 Å². The Morgan fingerprint density at radius 1 is 1.21 bits per heavy atom. The van der Waals surface area contributed by atoms with Gasteiger partial charge in [-0.2, -0.15) is 0 Å². The molecule has 1 N–H and O–H groups in total. The van der Waals surface area contributed by atoms with E-state index in [0.717, 1.165) is 12.1 Å². The van der Waals surface area contributed by atoms with Crippen LogP contribution < -0.4 is 0 Å². The molecule has 0 fully saturated rings. The van der Waals surface area contributed by atoms with Crippen LogP contribution in [0.3, 0.4) is 0 Å². The van der Waals surface area contributed by atoms with Gasteiger partial charge in [0.05, 0.1) is 9.85 Å². The Bertz CT molecular complexity index is 419. The average Bonchev–Trinajstić information content (AvgIpc) is 2.02. The monoisotopic (exact) mass is 218 g/mol. The molecule has 0 aliphatic rings. The van der Waals surface area contributed by atoms with Crippen LogP contribution >= 0.6 is 11.6 Å². The predicted octanol–water partition coefficient (Wildman–Crippen LogP) is 1.86. The number of phenolic OH excluding ortho intramolecular Hbond substituents is 1. The van der Waals surface area contributed by atoms with Crippen LogP contribution in [-0.2, 0) is 0 Å². The number of phenols is 1. The summed E-state index contributed by atoms with van der Waals surface area (Å²) in [7, 11) is 0. The van der Waals surface area contributed by atoms with Crippen molar-refractivity contribution in [3.05, 3.63) is 37.4 Å². The summed E-state index contributed by atoms with van der Waals surface area (Å²) < 4.78 is 0. The Morgan fingerprint density at radius 3 is 2.21 bits per heavy atom. The largest absolute Gasteiger partial charge is 0.497 e. The molecule has 1 rings (SSSR count). The second-order valence-electron chi connectivity index (χ2n) is 2.28. The summed E-state index contributed by atoms with van der Waals surface area (Å²) in [6.45, 7) is 0. The second-order valence-corrected chi connectivity index (χ2v) is 2.69. The van der Waals surface area contributed by atoms with Crippen molar-refractivity contribution < 1.29 is 15.0 Å². The van der Waals surface area contributed by atoms with E-state index in [2.05, 4.69) is 0 Å². The Kier molecular flexibility index (Phi) is 2.52. The minimum Gasteiger partial charge on any atom is -0.497 e. The Hall–Kier alpha value is -1.89. The summed E-state index contributed by atoms with van der Waals surface area (Å²) in [4.78, 5) is 18.7. The molecule has 0 atom stereocenters. The normalized spacial score (nSPS) is 9.79. The van der Waals surface area contributed by atoms with Crippen LogP contribution in [0.2, 0.25) is 5.02 Å². The molecule has 74 valence electrons. The summed E-state index contributed by atoms with van der Waals surface area (Å²) in [5.41, 5.74) is -1.61. The summed E-state index contributed by atoms with van der Waals surface area (Å²) in [5, 5.41) is 29.4. The predicted molar refractivity (Wildman–Crippen MR) is 46.4 cm³/mol. The lowest BCUT2D eigenvalue weighted by Gasteiger charge is -1.98. The Balaban J connectivity index is 3.49. The summed E-state index contributed by atoms with van der Waals surface area (Å²) in [5.74, 6) is -1.03. The number of halogens is 1. The molecule has 7 nitrogen and oxygen atoms in total. The van der Waals surface area contributed by atoms with Gasteiger partial charge in [0.15, 0.2) is 0 Å². The molecule has 1 aromatic carbocycles. The first-order valence-electron chi connectivity index (χ1n) is 3.25. The quantitative estimate of drug-likeness (QED) is 0.602. The van der Waals surface area contributed by atoms with Crippen LogP contribution in [0.5, 0.6) is 5.75 Å². The number of rotatable bonds is 2. The van der Waals surface area contributed by atoms with Gasteiger partial charge in [-0.25, -0.2) is 0 Å². The fraction of sp³-hybridized carbons (Fsp3) is 0. The van der Waals surface area contributed by atoms with E-state index in [1.807, 2.05) is 0 Å². The van der Waals surface area contributed by atoms with Crippen molar-refractivity contribution in [3.63, 3.8) is 0 Å². The molecular weight excluding hydrogens is 216 g/mol. The maximum absolute atomic E-state index is 10.4. The lowest BCUT2D eigenvalue weighted by atomic mass is 10.2. The van der Waals surface area contributed by atoms with E-state index in [1.54, 1.807) is 0 Å². The molecule has 8 heteroatoms. The highest BCUT2D eigenvalue weighted by Crippen LogP contribution is 2.40. The maximum Gasteiger partial charge on any atom is 0.336 e. The molecule has 14 heavy (non-hydrogen) atoms. The molecule has 0 aliphatic carbocycles. The number of hydrogen-bond acceptors (Lipinski definition) is 5. The van der Waals surface area contributed by atoms with Gasteiger partial charge >= 0.3 is 11.4 Å². The minimum atomic E-state index is -1.03. The van der Waals surface area contributed by atoms with Crippen molar-refractivity contribution >= 4 is 23.0 Å². The molecule has 0 unspecified atom stereocenters. The van der Waals surface area contributed by atoms with Gasteiger partial charge < -0.3 is 5.11 Å². The third-order valence-corrected chi connectivity index (χ3v) is 1.76.